The largest absolute Gasteiger partial charge is 0.469 e. The second-order valence-corrected chi connectivity index (χ2v) is 5.47. The highest BCUT2D eigenvalue weighted by Gasteiger charge is 2.13. The Morgan fingerprint density at radius 1 is 1.47 bits per heavy atom. The van der Waals surface area contributed by atoms with E-state index in [0.717, 1.165) is 14.7 Å². The smallest absolute Gasteiger partial charge is 0.310 e. The van der Waals surface area contributed by atoms with E-state index in [9.17, 15) is 4.79 Å². The Bertz CT molecular complexity index is 504. The third-order valence-electron chi connectivity index (χ3n) is 2.20. The Kier molecular flexibility index (Phi) is 3.07. The van der Waals surface area contributed by atoms with Crippen LogP contribution < -0.4 is 0 Å². The van der Waals surface area contributed by atoms with Crippen LogP contribution in [0.4, 0.5) is 0 Å². The van der Waals surface area contributed by atoms with E-state index >= 15 is 0 Å². The molecule has 0 unspecified atom stereocenters. The molecule has 2 nitrogen and oxygen atoms in total. The fourth-order valence-electron chi connectivity index (χ4n) is 1.45. The second-order valence-electron chi connectivity index (χ2n) is 3.10. The molecule has 0 aliphatic heterocycles. The van der Waals surface area contributed by atoms with Crippen LogP contribution in [0.2, 0.25) is 0 Å². The van der Waals surface area contributed by atoms with Crippen molar-refractivity contribution < 1.29 is 9.53 Å². The van der Waals surface area contributed by atoms with Crippen LogP contribution in [0.3, 0.4) is 0 Å². The molecule has 0 aliphatic carbocycles. The van der Waals surface area contributed by atoms with Crippen LogP contribution in [0.5, 0.6) is 0 Å². The fraction of sp³-hybridized carbons (Fsp3) is 0.182. The van der Waals surface area contributed by atoms with Crippen molar-refractivity contribution in [1.29, 1.82) is 0 Å². The molecule has 0 bridgehead atoms. The molecule has 1 aromatic heterocycles. The number of esters is 1. The SMILES string of the molecule is COC(=O)Cc1c(Br)sc2ccccc12. The second kappa shape index (κ2) is 4.33. The highest BCUT2D eigenvalue weighted by atomic mass is 79.9. The molecule has 1 heterocycles. The predicted molar refractivity (Wildman–Crippen MR) is 65.2 cm³/mol. The lowest BCUT2D eigenvalue weighted by atomic mass is 10.1. The molecular formula is C11H9BrO2S. The van der Waals surface area contributed by atoms with Gasteiger partial charge in [0.25, 0.3) is 0 Å². The van der Waals surface area contributed by atoms with E-state index in [4.69, 9.17) is 0 Å². The minimum Gasteiger partial charge on any atom is -0.469 e. The minimum atomic E-state index is -0.209. The first-order valence-corrected chi connectivity index (χ1v) is 6.06. The third-order valence-corrected chi connectivity index (χ3v) is 4.16. The van der Waals surface area contributed by atoms with E-state index in [1.807, 2.05) is 24.3 Å². The van der Waals surface area contributed by atoms with Gasteiger partial charge >= 0.3 is 5.97 Å². The van der Waals surface area contributed by atoms with Crippen LogP contribution in [-0.2, 0) is 16.0 Å². The van der Waals surface area contributed by atoms with Gasteiger partial charge in [0.1, 0.15) is 0 Å². The number of fused-ring (bicyclic) bond motifs is 1. The summed E-state index contributed by atoms with van der Waals surface area (Å²) in [5.41, 5.74) is 1.02. The first kappa shape index (κ1) is 10.6. The Morgan fingerprint density at radius 2 is 2.20 bits per heavy atom. The lowest BCUT2D eigenvalue weighted by Gasteiger charge is -1.98. The number of ether oxygens (including phenoxy) is 1. The maximum atomic E-state index is 11.2. The van der Waals surface area contributed by atoms with Crippen LogP contribution in [0.1, 0.15) is 5.56 Å². The molecule has 0 radical (unpaired) electrons. The topological polar surface area (TPSA) is 26.3 Å². The van der Waals surface area contributed by atoms with Crippen LogP contribution in [-0.4, -0.2) is 13.1 Å². The maximum Gasteiger partial charge on any atom is 0.310 e. The lowest BCUT2D eigenvalue weighted by Crippen LogP contribution is -2.04. The lowest BCUT2D eigenvalue weighted by molar-refractivity contribution is -0.139. The van der Waals surface area contributed by atoms with Crippen molar-refractivity contribution in [3.8, 4) is 0 Å². The van der Waals surface area contributed by atoms with Gasteiger partial charge in [-0.15, -0.1) is 11.3 Å². The summed E-state index contributed by atoms with van der Waals surface area (Å²) in [7, 11) is 1.41. The summed E-state index contributed by atoms with van der Waals surface area (Å²) in [6.45, 7) is 0. The molecule has 4 heteroatoms. The van der Waals surface area contributed by atoms with Crippen LogP contribution in [0, 0.1) is 0 Å². The van der Waals surface area contributed by atoms with Crippen molar-refractivity contribution in [3.63, 3.8) is 0 Å². The Labute approximate surface area is 100.0 Å². The maximum absolute atomic E-state index is 11.2. The Morgan fingerprint density at radius 3 is 2.93 bits per heavy atom. The van der Waals surface area contributed by atoms with Crippen molar-refractivity contribution in [3.05, 3.63) is 33.6 Å². The minimum absolute atomic E-state index is 0.209. The number of methoxy groups -OCH3 is 1. The molecule has 1 aromatic carbocycles. The molecule has 2 rings (SSSR count). The molecule has 0 N–H and O–H groups in total. The van der Waals surface area contributed by atoms with Crippen LogP contribution in [0.15, 0.2) is 28.1 Å². The van der Waals surface area contributed by atoms with Crippen molar-refractivity contribution >= 4 is 43.3 Å². The Balaban J connectivity index is 2.49. The van der Waals surface area contributed by atoms with Gasteiger partial charge < -0.3 is 4.74 Å². The summed E-state index contributed by atoms with van der Waals surface area (Å²) in [6, 6.07) is 8.04. The number of rotatable bonds is 2. The van der Waals surface area contributed by atoms with Crippen LogP contribution >= 0.6 is 27.3 Å². The molecule has 78 valence electrons. The van der Waals surface area contributed by atoms with Crippen molar-refractivity contribution in [2.75, 3.05) is 7.11 Å². The zero-order valence-corrected chi connectivity index (χ0v) is 10.5. The average Bonchev–Trinajstić information content (AvgIpc) is 2.55. The zero-order chi connectivity index (χ0) is 10.8. The van der Waals surface area contributed by atoms with Gasteiger partial charge in [-0.2, -0.15) is 0 Å². The molecule has 15 heavy (non-hydrogen) atoms. The van der Waals surface area contributed by atoms with Crippen molar-refractivity contribution in [2.45, 2.75) is 6.42 Å². The summed E-state index contributed by atoms with van der Waals surface area (Å²) in [5.74, 6) is -0.209. The highest BCUT2D eigenvalue weighted by Crippen LogP contribution is 2.35. The van der Waals surface area contributed by atoms with Crippen LogP contribution in [0.25, 0.3) is 10.1 Å². The molecule has 0 amide bonds. The number of carbonyl (C=O) groups excluding carboxylic acids is 1. The van der Waals surface area contributed by atoms with E-state index < -0.39 is 0 Å². The number of halogens is 1. The van der Waals surface area contributed by atoms with Crippen molar-refractivity contribution in [2.24, 2.45) is 0 Å². The fourth-order valence-corrected chi connectivity index (χ4v) is 3.27. The van der Waals surface area contributed by atoms with Gasteiger partial charge in [0.05, 0.1) is 17.3 Å². The van der Waals surface area contributed by atoms with Crippen molar-refractivity contribution in [1.82, 2.24) is 0 Å². The van der Waals surface area contributed by atoms with E-state index in [2.05, 4.69) is 20.7 Å². The van der Waals surface area contributed by atoms with E-state index in [-0.39, 0.29) is 5.97 Å². The number of carbonyl (C=O) groups is 1. The average molecular weight is 285 g/mol. The third kappa shape index (κ3) is 2.06. The summed E-state index contributed by atoms with van der Waals surface area (Å²) in [5, 5.41) is 1.12. The summed E-state index contributed by atoms with van der Waals surface area (Å²) in [6.07, 6.45) is 0.321. The van der Waals surface area contributed by atoms with Gasteiger partial charge in [-0.1, -0.05) is 18.2 Å². The molecular weight excluding hydrogens is 276 g/mol. The first-order valence-electron chi connectivity index (χ1n) is 4.45. The summed E-state index contributed by atoms with van der Waals surface area (Å²) < 4.78 is 6.86. The first-order chi connectivity index (χ1) is 7.22. The quantitative estimate of drug-likeness (QED) is 0.791. The number of thiophene rings is 1. The van der Waals surface area contributed by atoms with Gasteiger partial charge in [-0.3, -0.25) is 4.79 Å². The normalized spacial score (nSPS) is 10.5. The summed E-state index contributed by atoms with van der Waals surface area (Å²) >= 11 is 5.12. The molecule has 2 aromatic rings. The molecule has 0 saturated heterocycles. The summed E-state index contributed by atoms with van der Waals surface area (Å²) in [4.78, 5) is 11.2. The molecule has 0 fully saturated rings. The van der Waals surface area contributed by atoms with Gasteiger partial charge in [0.15, 0.2) is 0 Å². The van der Waals surface area contributed by atoms with Gasteiger partial charge in [0.2, 0.25) is 0 Å². The number of benzene rings is 1. The van der Waals surface area contributed by atoms with Gasteiger partial charge in [-0.25, -0.2) is 0 Å². The Hall–Kier alpha value is -0.870. The molecule has 0 spiro atoms. The molecule has 0 saturated carbocycles. The predicted octanol–water partition coefficient (Wildman–Crippen LogP) is 3.38. The zero-order valence-electron chi connectivity index (χ0n) is 8.12. The monoisotopic (exact) mass is 284 g/mol. The number of hydrogen-bond acceptors (Lipinski definition) is 3. The molecule has 0 atom stereocenters. The van der Waals surface area contributed by atoms with Gasteiger partial charge in [-0.05, 0) is 32.9 Å². The highest BCUT2D eigenvalue weighted by molar-refractivity contribution is 9.11. The van der Waals surface area contributed by atoms with E-state index in [1.54, 1.807) is 11.3 Å². The molecule has 0 aliphatic rings. The number of hydrogen-bond donors (Lipinski definition) is 0. The van der Waals surface area contributed by atoms with E-state index in [0.29, 0.717) is 6.42 Å². The van der Waals surface area contributed by atoms with Gasteiger partial charge in [0, 0.05) is 4.70 Å². The standard InChI is InChI=1S/C11H9BrO2S/c1-14-10(13)6-8-7-4-2-3-5-9(7)15-11(8)12/h2-5H,6H2,1H3. The van der Waals surface area contributed by atoms with E-state index in [1.165, 1.54) is 11.8 Å².